The lowest BCUT2D eigenvalue weighted by Crippen LogP contribution is -2.21. The van der Waals surface area contributed by atoms with Crippen LogP contribution < -0.4 is 10.1 Å². The van der Waals surface area contributed by atoms with Crippen LogP contribution in [-0.4, -0.2) is 14.2 Å². The van der Waals surface area contributed by atoms with Crippen molar-refractivity contribution in [3.8, 4) is 5.75 Å². The predicted octanol–water partition coefficient (Wildman–Crippen LogP) is 4.27. The first-order valence-corrected chi connectivity index (χ1v) is 7.73. The Morgan fingerprint density at radius 3 is 2.33 bits per heavy atom. The van der Waals surface area contributed by atoms with Gasteiger partial charge in [0, 0.05) is 0 Å². The van der Waals surface area contributed by atoms with E-state index in [-0.39, 0.29) is 6.04 Å². The number of methoxy groups -OCH3 is 1. The predicted molar refractivity (Wildman–Crippen MR) is 86.9 cm³/mol. The van der Waals surface area contributed by atoms with E-state index in [1.54, 1.807) is 7.11 Å². The molecular formula is C19H23NO. The lowest BCUT2D eigenvalue weighted by atomic mass is 9.76. The van der Waals surface area contributed by atoms with Crippen LogP contribution in [0.4, 0.5) is 0 Å². The molecule has 0 radical (unpaired) electrons. The quantitative estimate of drug-likeness (QED) is 0.883. The molecule has 2 aromatic carbocycles. The van der Waals surface area contributed by atoms with Gasteiger partial charge >= 0.3 is 0 Å². The maximum Gasteiger partial charge on any atom is 0.118 e. The van der Waals surface area contributed by atoms with Crippen molar-refractivity contribution in [3.05, 3.63) is 65.2 Å². The van der Waals surface area contributed by atoms with Crippen molar-refractivity contribution in [2.24, 2.45) is 0 Å². The summed E-state index contributed by atoms with van der Waals surface area (Å²) in [6, 6.07) is 17.5. The molecule has 1 fully saturated rings. The Bertz CT molecular complexity index is 587. The maximum atomic E-state index is 5.26. The number of hydrogen-bond acceptors (Lipinski definition) is 2. The van der Waals surface area contributed by atoms with Gasteiger partial charge in [0.2, 0.25) is 0 Å². The highest BCUT2D eigenvalue weighted by atomic mass is 16.5. The molecule has 0 bridgehead atoms. The summed E-state index contributed by atoms with van der Waals surface area (Å²) < 4.78 is 5.26. The number of rotatable bonds is 5. The van der Waals surface area contributed by atoms with Crippen LogP contribution in [0.5, 0.6) is 5.75 Å². The third-order valence-corrected chi connectivity index (χ3v) is 4.59. The van der Waals surface area contributed by atoms with Gasteiger partial charge in [-0.25, -0.2) is 0 Å². The number of nitrogens with one attached hydrogen (secondary N) is 1. The fraction of sp³-hybridized carbons (Fsp3) is 0.368. The zero-order valence-electron chi connectivity index (χ0n) is 12.8. The number of ether oxygens (including phenoxy) is 1. The SMILES string of the molecule is CNC(c1ccc(OC)cc1)c1ccccc1C1CCC1. The minimum atomic E-state index is 0.243. The topological polar surface area (TPSA) is 21.3 Å². The molecule has 1 unspecified atom stereocenters. The van der Waals surface area contributed by atoms with Crippen LogP contribution in [0.25, 0.3) is 0 Å². The summed E-state index contributed by atoms with van der Waals surface area (Å²) in [5.74, 6) is 1.65. The zero-order valence-corrected chi connectivity index (χ0v) is 12.8. The molecule has 2 heteroatoms. The Kier molecular flexibility index (Phi) is 4.26. The Morgan fingerprint density at radius 1 is 1.05 bits per heavy atom. The summed E-state index contributed by atoms with van der Waals surface area (Å²) in [6.45, 7) is 0. The van der Waals surface area contributed by atoms with Crippen molar-refractivity contribution in [2.45, 2.75) is 31.2 Å². The van der Waals surface area contributed by atoms with Gasteiger partial charge in [-0.05, 0) is 54.6 Å². The van der Waals surface area contributed by atoms with Crippen molar-refractivity contribution < 1.29 is 4.74 Å². The summed E-state index contributed by atoms with van der Waals surface area (Å²) >= 11 is 0. The van der Waals surface area contributed by atoms with Gasteiger partial charge < -0.3 is 10.1 Å². The van der Waals surface area contributed by atoms with Gasteiger partial charge in [0.25, 0.3) is 0 Å². The van der Waals surface area contributed by atoms with Crippen LogP contribution in [0.3, 0.4) is 0 Å². The van der Waals surface area contributed by atoms with Gasteiger partial charge in [-0.1, -0.05) is 42.8 Å². The molecule has 1 aliphatic rings. The van der Waals surface area contributed by atoms with Gasteiger partial charge in [0.05, 0.1) is 13.2 Å². The molecule has 1 atom stereocenters. The van der Waals surface area contributed by atoms with Crippen LogP contribution in [0.15, 0.2) is 48.5 Å². The first kappa shape index (κ1) is 14.2. The van der Waals surface area contributed by atoms with Crippen molar-refractivity contribution in [1.29, 1.82) is 0 Å². The molecule has 3 rings (SSSR count). The molecule has 0 saturated heterocycles. The molecule has 1 aliphatic carbocycles. The van der Waals surface area contributed by atoms with E-state index in [9.17, 15) is 0 Å². The van der Waals surface area contributed by atoms with E-state index in [0.717, 1.165) is 11.7 Å². The largest absolute Gasteiger partial charge is 0.497 e. The van der Waals surface area contributed by atoms with Crippen molar-refractivity contribution in [2.75, 3.05) is 14.2 Å². The fourth-order valence-corrected chi connectivity index (χ4v) is 3.16. The molecule has 2 aromatic rings. The van der Waals surface area contributed by atoms with Gasteiger partial charge in [-0.2, -0.15) is 0 Å². The lowest BCUT2D eigenvalue weighted by molar-refractivity contribution is 0.413. The van der Waals surface area contributed by atoms with E-state index in [4.69, 9.17) is 4.74 Å². The summed E-state index contributed by atoms with van der Waals surface area (Å²) in [7, 11) is 3.74. The molecular weight excluding hydrogens is 258 g/mol. The normalized spacial score (nSPS) is 16.3. The van der Waals surface area contributed by atoms with Crippen LogP contribution >= 0.6 is 0 Å². The lowest BCUT2D eigenvalue weighted by Gasteiger charge is -2.30. The zero-order chi connectivity index (χ0) is 14.7. The van der Waals surface area contributed by atoms with E-state index < -0.39 is 0 Å². The molecule has 0 aromatic heterocycles. The van der Waals surface area contributed by atoms with Crippen LogP contribution in [-0.2, 0) is 0 Å². The second-order valence-electron chi connectivity index (χ2n) is 5.75. The summed E-state index contributed by atoms with van der Waals surface area (Å²) in [5.41, 5.74) is 4.21. The highest BCUT2D eigenvalue weighted by Gasteiger charge is 2.25. The Morgan fingerprint density at radius 2 is 1.76 bits per heavy atom. The van der Waals surface area contributed by atoms with E-state index in [1.807, 2.05) is 19.2 Å². The molecule has 2 nitrogen and oxygen atoms in total. The first-order valence-electron chi connectivity index (χ1n) is 7.73. The van der Waals surface area contributed by atoms with Crippen LogP contribution in [0.2, 0.25) is 0 Å². The molecule has 0 heterocycles. The second kappa shape index (κ2) is 6.31. The van der Waals surface area contributed by atoms with Crippen molar-refractivity contribution in [1.82, 2.24) is 5.32 Å². The summed E-state index contributed by atoms with van der Waals surface area (Å²) in [5, 5.41) is 3.47. The van der Waals surface area contributed by atoms with Crippen molar-refractivity contribution >= 4 is 0 Å². The smallest absolute Gasteiger partial charge is 0.118 e. The van der Waals surface area contributed by atoms with E-state index in [0.29, 0.717) is 0 Å². The van der Waals surface area contributed by atoms with Crippen molar-refractivity contribution in [3.63, 3.8) is 0 Å². The molecule has 1 saturated carbocycles. The highest BCUT2D eigenvalue weighted by molar-refractivity contribution is 5.41. The van der Waals surface area contributed by atoms with Gasteiger partial charge in [-0.3, -0.25) is 0 Å². The van der Waals surface area contributed by atoms with Gasteiger partial charge in [0.15, 0.2) is 0 Å². The highest BCUT2D eigenvalue weighted by Crippen LogP contribution is 2.40. The Labute approximate surface area is 127 Å². The third kappa shape index (κ3) is 2.81. The van der Waals surface area contributed by atoms with Gasteiger partial charge in [0.1, 0.15) is 5.75 Å². The standard InChI is InChI=1S/C19H23NO/c1-20-19(15-10-12-16(21-2)13-11-15)18-9-4-3-8-17(18)14-6-5-7-14/h3-4,8-14,19-20H,5-7H2,1-2H3. The van der Waals surface area contributed by atoms with Gasteiger partial charge in [-0.15, -0.1) is 0 Å². The Balaban J connectivity index is 1.95. The minimum absolute atomic E-state index is 0.243. The monoisotopic (exact) mass is 281 g/mol. The number of benzene rings is 2. The van der Waals surface area contributed by atoms with Crippen LogP contribution in [0, 0.1) is 0 Å². The number of hydrogen-bond donors (Lipinski definition) is 1. The summed E-state index contributed by atoms with van der Waals surface area (Å²) in [4.78, 5) is 0. The average Bonchev–Trinajstić information content (AvgIpc) is 2.49. The first-order chi connectivity index (χ1) is 10.3. The van der Waals surface area contributed by atoms with E-state index >= 15 is 0 Å². The van der Waals surface area contributed by atoms with E-state index in [1.165, 1.54) is 36.0 Å². The molecule has 1 N–H and O–H groups in total. The molecule has 21 heavy (non-hydrogen) atoms. The second-order valence-corrected chi connectivity index (χ2v) is 5.75. The maximum absolute atomic E-state index is 5.26. The van der Waals surface area contributed by atoms with Crippen LogP contribution in [0.1, 0.15) is 47.9 Å². The molecule has 0 spiro atoms. The third-order valence-electron chi connectivity index (χ3n) is 4.59. The summed E-state index contributed by atoms with van der Waals surface area (Å²) in [6.07, 6.45) is 4.03. The Hall–Kier alpha value is -1.80. The average molecular weight is 281 g/mol. The molecule has 0 aliphatic heterocycles. The van der Waals surface area contributed by atoms with E-state index in [2.05, 4.69) is 41.7 Å². The molecule has 0 amide bonds. The fourth-order valence-electron chi connectivity index (χ4n) is 3.16. The minimum Gasteiger partial charge on any atom is -0.497 e. The molecule has 110 valence electrons.